The molecule has 0 radical (unpaired) electrons. The number of hydrogen-bond donors (Lipinski definition) is 0. The normalized spacial score (nSPS) is 11.1. The molecule has 0 aliphatic heterocycles. The van der Waals surface area contributed by atoms with Crippen LogP contribution in [0.15, 0.2) is 23.7 Å². The highest BCUT2D eigenvalue weighted by atomic mass is 35.5. The minimum atomic E-state index is 0.393. The van der Waals surface area contributed by atoms with Gasteiger partial charge in [-0.05, 0) is 17.5 Å². The van der Waals surface area contributed by atoms with Crippen molar-refractivity contribution >= 4 is 56.4 Å². The van der Waals surface area contributed by atoms with Crippen LogP contribution in [0.3, 0.4) is 0 Å². The minimum absolute atomic E-state index is 0.393. The Morgan fingerprint density at radius 3 is 2.72 bits per heavy atom. The molecule has 0 saturated carbocycles. The molecule has 18 heavy (non-hydrogen) atoms. The van der Waals surface area contributed by atoms with Crippen molar-refractivity contribution in [2.75, 3.05) is 0 Å². The van der Waals surface area contributed by atoms with Crippen molar-refractivity contribution in [3.63, 3.8) is 0 Å². The van der Waals surface area contributed by atoms with Gasteiger partial charge < -0.3 is 0 Å². The molecular formula is C11H4Cl3N3S. The van der Waals surface area contributed by atoms with Gasteiger partial charge in [0, 0.05) is 11.6 Å². The maximum absolute atomic E-state index is 6.10. The molecule has 0 amide bonds. The summed E-state index contributed by atoms with van der Waals surface area (Å²) in [6.45, 7) is 0. The average Bonchev–Trinajstić information content (AvgIpc) is 2.77. The molecule has 3 aromatic rings. The van der Waals surface area contributed by atoms with Crippen LogP contribution in [0.2, 0.25) is 15.2 Å². The molecule has 0 saturated heterocycles. The van der Waals surface area contributed by atoms with Gasteiger partial charge in [0.2, 0.25) is 0 Å². The van der Waals surface area contributed by atoms with Gasteiger partial charge in [0.05, 0.1) is 10.0 Å². The van der Waals surface area contributed by atoms with E-state index in [2.05, 4.69) is 15.0 Å². The lowest BCUT2D eigenvalue weighted by atomic mass is 10.3. The van der Waals surface area contributed by atoms with Crippen LogP contribution < -0.4 is 0 Å². The number of hydrogen-bond acceptors (Lipinski definition) is 4. The first-order valence-corrected chi connectivity index (χ1v) is 6.88. The van der Waals surface area contributed by atoms with Gasteiger partial charge in [-0.25, -0.2) is 15.0 Å². The molecule has 0 fully saturated rings. The largest absolute Gasteiger partial charge is 0.250 e. The topological polar surface area (TPSA) is 38.7 Å². The molecule has 0 unspecified atom stereocenters. The van der Waals surface area contributed by atoms with E-state index in [1.54, 1.807) is 6.07 Å². The van der Waals surface area contributed by atoms with Gasteiger partial charge >= 0.3 is 0 Å². The quantitative estimate of drug-likeness (QED) is 0.610. The molecule has 7 heteroatoms. The van der Waals surface area contributed by atoms with E-state index < -0.39 is 0 Å². The molecule has 0 spiro atoms. The van der Waals surface area contributed by atoms with E-state index in [0.717, 1.165) is 10.2 Å². The average molecular weight is 317 g/mol. The van der Waals surface area contributed by atoms with Crippen molar-refractivity contribution in [2.45, 2.75) is 0 Å². The van der Waals surface area contributed by atoms with E-state index in [-0.39, 0.29) is 0 Å². The van der Waals surface area contributed by atoms with Gasteiger partial charge in [0.25, 0.3) is 0 Å². The van der Waals surface area contributed by atoms with Crippen molar-refractivity contribution in [3.05, 3.63) is 38.9 Å². The fourth-order valence-corrected chi connectivity index (χ4v) is 3.02. The Hall–Kier alpha value is -0.940. The van der Waals surface area contributed by atoms with E-state index in [0.29, 0.717) is 26.7 Å². The van der Waals surface area contributed by atoms with Crippen LogP contribution in [0.5, 0.6) is 0 Å². The first-order chi connectivity index (χ1) is 8.65. The summed E-state index contributed by atoms with van der Waals surface area (Å²) >= 11 is 19.5. The fraction of sp³-hybridized carbons (Fsp3) is 0. The van der Waals surface area contributed by atoms with Crippen LogP contribution in [0.4, 0.5) is 0 Å². The molecule has 0 aromatic carbocycles. The van der Waals surface area contributed by atoms with Gasteiger partial charge in [0.15, 0.2) is 5.82 Å². The summed E-state index contributed by atoms with van der Waals surface area (Å²) in [6.07, 6.45) is 1.50. The first-order valence-electron chi connectivity index (χ1n) is 4.87. The number of aromatic nitrogens is 3. The van der Waals surface area contributed by atoms with Gasteiger partial charge in [-0.1, -0.05) is 34.8 Å². The molecule has 3 nitrogen and oxygen atoms in total. The lowest BCUT2D eigenvalue weighted by Gasteiger charge is -2.03. The summed E-state index contributed by atoms with van der Waals surface area (Å²) in [4.78, 5) is 13.5. The minimum Gasteiger partial charge on any atom is -0.250 e. The van der Waals surface area contributed by atoms with Crippen molar-refractivity contribution in [1.29, 1.82) is 0 Å². The predicted molar refractivity (Wildman–Crippen MR) is 75.7 cm³/mol. The maximum atomic E-state index is 6.10. The maximum Gasteiger partial charge on any atom is 0.182 e. The van der Waals surface area contributed by atoms with Crippen LogP contribution in [-0.2, 0) is 0 Å². The third kappa shape index (κ3) is 2.06. The Labute approximate surface area is 121 Å². The molecule has 0 aliphatic carbocycles. The summed E-state index contributed by atoms with van der Waals surface area (Å²) in [5, 5.41) is 3.99. The van der Waals surface area contributed by atoms with Crippen molar-refractivity contribution in [3.8, 4) is 11.5 Å². The molecule has 90 valence electrons. The van der Waals surface area contributed by atoms with E-state index in [1.165, 1.54) is 17.5 Å². The van der Waals surface area contributed by atoms with Crippen LogP contribution in [0, 0.1) is 0 Å². The number of rotatable bonds is 1. The van der Waals surface area contributed by atoms with Gasteiger partial charge in [-0.15, -0.1) is 11.3 Å². The fourth-order valence-electron chi connectivity index (χ4n) is 1.50. The highest BCUT2D eigenvalue weighted by Crippen LogP contribution is 2.30. The smallest absolute Gasteiger partial charge is 0.182 e. The Kier molecular flexibility index (Phi) is 3.11. The Balaban J connectivity index is 2.24. The van der Waals surface area contributed by atoms with Crippen LogP contribution in [0.1, 0.15) is 0 Å². The Bertz CT molecular complexity index is 741. The Morgan fingerprint density at radius 1 is 1.11 bits per heavy atom. The Morgan fingerprint density at radius 2 is 1.94 bits per heavy atom. The second-order valence-electron chi connectivity index (χ2n) is 3.46. The number of pyridine rings is 1. The molecule has 0 aliphatic rings. The summed E-state index contributed by atoms with van der Waals surface area (Å²) in [7, 11) is 0. The van der Waals surface area contributed by atoms with E-state index in [4.69, 9.17) is 34.8 Å². The number of nitrogens with zero attached hydrogens (tertiary/aromatic N) is 3. The van der Waals surface area contributed by atoms with Crippen LogP contribution in [-0.4, -0.2) is 15.0 Å². The van der Waals surface area contributed by atoms with Crippen LogP contribution >= 0.6 is 46.1 Å². The second kappa shape index (κ2) is 4.63. The van der Waals surface area contributed by atoms with E-state index >= 15 is 0 Å². The van der Waals surface area contributed by atoms with Crippen LogP contribution in [0.25, 0.3) is 21.7 Å². The zero-order chi connectivity index (χ0) is 12.7. The molecule has 0 bridgehead atoms. The summed E-state index contributed by atoms with van der Waals surface area (Å²) in [6, 6.07) is 3.48. The molecule has 3 rings (SSSR count). The highest BCUT2D eigenvalue weighted by Gasteiger charge is 2.13. The highest BCUT2D eigenvalue weighted by molar-refractivity contribution is 7.16. The van der Waals surface area contributed by atoms with Gasteiger partial charge in [-0.2, -0.15) is 0 Å². The third-order valence-corrected chi connectivity index (χ3v) is 3.89. The van der Waals surface area contributed by atoms with Crippen molar-refractivity contribution in [2.24, 2.45) is 0 Å². The van der Waals surface area contributed by atoms with Crippen molar-refractivity contribution < 1.29 is 0 Å². The number of halogens is 3. The lowest BCUT2D eigenvalue weighted by Crippen LogP contribution is -1.93. The molecule has 0 N–H and O–H groups in total. The molecule has 3 aromatic heterocycles. The molecule has 3 heterocycles. The van der Waals surface area contributed by atoms with Gasteiger partial charge in [0.1, 0.15) is 15.7 Å². The number of thiophene rings is 1. The summed E-state index contributed by atoms with van der Waals surface area (Å²) < 4.78 is 0. The second-order valence-corrected chi connectivity index (χ2v) is 5.56. The SMILES string of the molecule is Clc1cnc(-c2nc(Cl)c3ccsc3n2)c(Cl)c1. The monoisotopic (exact) mass is 315 g/mol. The first kappa shape index (κ1) is 12.1. The summed E-state index contributed by atoms with van der Waals surface area (Å²) in [5.41, 5.74) is 0.471. The standard InChI is InChI=1S/C11H4Cl3N3S/c12-5-3-7(13)8(15-4-5)10-16-9(14)6-1-2-18-11(6)17-10/h1-4H. The molecule has 0 atom stereocenters. The number of fused-ring (bicyclic) bond motifs is 1. The van der Waals surface area contributed by atoms with E-state index in [9.17, 15) is 0 Å². The van der Waals surface area contributed by atoms with E-state index in [1.807, 2.05) is 11.4 Å². The lowest BCUT2D eigenvalue weighted by molar-refractivity contribution is 1.18. The third-order valence-electron chi connectivity index (χ3n) is 2.30. The van der Waals surface area contributed by atoms with Crippen molar-refractivity contribution in [1.82, 2.24) is 15.0 Å². The summed E-state index contributed by atoms with van der Waals surface area (Å²) in [5.74, 6) is 0.400. The molecular weight excluding hydrogens is 313 g/mol. The zero-order valence-corrected chi connectivity index (χ0v) is 11.8. The predicted octanol–water partition coefficient (Wildman–Crippen LogP) is 4.71. The van der Waals surface area contributed by atoms with Gasteiger partial charge in [-0.3, -0.25) is 0 Å². The zero-order valence-electron chi connectivity index (χ0n) is 8.69.